The van der Waals surface area contributed by atoms with E-state index < -0.39 is 0 Å². The number of halogens is 1. The molecule has 97 heavy (non-hydrogen) atoms. The maximum absolute atomic E-state index is 6.32. The molecule has 0 aliphatic heterocycles. The molecule has 0 saturated carbocycles. The van der Waals surface area contributed by atoms with Crippen LogP contribution in [0.15, 0.2) is 315 Å². The number of benzene rings is 14. The highest BCUT2D eigenvalue weighted by Gasteiger charge is 2.26. The standard InChI is InChI=1S/C44H26N4.C24H14N2.C20H13ClN2/c1-3-12-27(13-4-1)29-24-25-34-35(26-29)45-42(28-14-5-2-6-15-28)44(46-34)48-37-21-10-17-31-33-19-9-18-32-30-16-7-8-20-36(30)47(43(32)33)38-22-11-23-39(48)41(38)40(31)37;1-2-12-20-14(6-1)16-8-3-9-17-15-7-4-10-18-22(15)23-19(25-18)11-5-13-21(23)26(20)24(16)17;21-20-19(15-9-5-2-6-10-15)22-18-13-16(11-12-17(18)23-20)14-7-3-1-4-8-14/h1-26H;1-13,25H;1-13H. The molecule has 0 amide bonds. The Morgan fingerprint density at radius 1 is 0.247 bits per heavy atom. The van der Waals surface area contributed by atoms with Crippen LogP contribution < -0.4 is 0 Å². The van der Waals surface area contributed by atoms with Crippen molar-refractivity contribution in [2.75, 3.05) is 0 Å². The molecule has 22 rings (SSSR count). The van der Waals surface area contributed by atoms with Gasteiger partial charge in [-0.3, -0.25) is 4.57 Å². The molecule has 8 heterocycles. The first-order valence-corrected chi connectivity index (χ1v) is 33.1. The number of fused-ring (bicyclic) bond motifs is 12. The Balaban J connectivity index is 0.000000110. The van der Waals surface area contributed by atoms with Crippen molar-refractivity contribution in [2.24, 2.45) is 0 Å². The van der Waals surface area contributed by atoms with Crippen molar-refractivity contribution in [3.63, 3.8) is 0 Å². The minimum atomic E-state index is 0.427. The van der Waals surface area contributed by atoms with Crippen LogP contribution in [-0.4, -0.2) is 38.3 Å². The van der Waals surface area contributed by atoms with Gasteiger partial charge in [-0.15, -0.1) is 0 Å². The summed E-state index contributed by atoms with van der Waals surface area (Å²) in [6.45, 7) is 0. The highest BCUT2D eigenvalue weighted by molar-refractivity contribution is 6.33. The van der Waals surface area contributed by atoms with Crippen LogP contribution in [0.3, 0.4) is 0 Å². The summed E-state index contributed by atoms with van der Waals surface area (Å²) in [6, 6.07) is 111. The lowest BCUT2D eigenvalue weighted by atomic mass is 10.0. The molecular weight excluding hydrogens is 1200 g/mol. The van der Waals surface area contributed by atoms with Gasteiger partial charge in [0.25, 0.3) is 0 Å². The van der Waals surface area contributed by atoms with Crippen molar-refractivity contribution in [3.8, 4) is 50.6 Å². The van der Waals surface area contributed by atoms with E-state index in [2.05, 4.69) is 272 Å². The van der Waals surface area contributed by atoms with E-state index in [1.54, 1.807) is 0 Å². The fraction of sp³-hybridized carbons (Fsp3) is 0. The first-order valence-electron chi connectivity index (χ1n) is 32.7. The SMILES string of the molecule is Clc1nc2ccc(-c3ccccc3)cc2nc1-c1ccccc1.c1cc2[nH]c3cccc4c3c2c(c1)c1cccc2c3ccccc3n4c12.c1ccc(-c2ccc3nc(-n4c5cccc6c7cccc8c9ccccc9n(c9cccc4c9c65)c78)c(-c4ccccc4)nc3c2)cc1. The molecule has 0 aliphatic carbocycles. The predicted octanol–water partition coefficient (Wildman–Crippen LogP) is 23.3. The lowest BCUT2D eigenvalue weighted by molar-refractivity contribution is 1.08. The van der Waals surface area contributed by atoms with Crippen molar-refractivity contribution in [3.05, 3.63) is 321 Å². The van der Waals surface area contributed by atoms with E-state index in [0.717, 1.165) is 78.0 Å². The molecule has 8 aromatic heterocycles. The third-order valence-corrected chi connectivity index (χ3v) is 19.9. The summed E-state index contributed by atoms with van der Waals surface area (Å²) in [5.74, 6) is 0.826. The molecule has 0 spiro atoms. The fourth-order valence-corrected chi connectivity index (χ4v) is 15.8. The Kier molecular flexibility index (Phi) is 12.2. The monoisotopic (exact) mass is 1260 g/mol. The second kappa shape index (κ2) is 21.7. The molecule has 14 aromatic carbocycles. The van der Waals surface area contributed by atoms with Crippen molar-refractivity contribution in [1.82, 2.24) is 38.3 Å². The quantitative estimate of drug-likeness (QED) is 0.186. The van der Waals surface area contributed by atoms with E-state index >= 15 is 0 Å². The lowest BCUT2D eigenvalue weighted by Crippen LogP contribution is -2.04. The number of nitrogens with zero attached hydrogens (tertiary/aromatic N) is 7. The second-order valence-electron chi connectivity index (χ2n) is 25.0. The number of para-hydroxylation sites is 4. The fourth-order valence-electron chi connectivity index (χ4n) is 15.5. The molecule has 0 fully saturated rings. The molecule has 1 N–H and O–H groups in total. The van der Waals surface area contributed by atoms with Crippen molar-refractivity contribution in [1.29, 1.82) is 0 Å². The predicted molar refractivity (Wildman–Crippen MR) is 405 cm³/mol. The highest BCUT2D eigenvalue weighted by atomic mass is 35.5. The molecule has 452 valence electrons. The summed E-state index contributed by atoms with van der Waals surface area (Å²) in [4.78, 5) is 23.7. The zero-order chi connectivity index (χ0) is 63.8. The zero-order valence-electron chi connectivity index (χ0n) is 52.0. The second-order valence-corrected chi connectivity index (χ2v) is 25.4. The molecule has 0 aliphatic rings. The van der Waals surface area contributed by atoms with Gasteiger partial charge in [0, 0.05) is 76.0 Å². The van der Waals surface area contributed by atoms with Gasteiger partial charge in [-0.1, -0.05) is 254 Å². The Morgan fingerprint density at radius 3 is 1.21 bits per heavy atom. The van der Waals surface area contributed by atoms with Gasteiger partial charge in [-0.05, 0) is 106 Å². The Hall–Kier alpha value is -12.8. The molecule has 0 unspecified atom stereocenters. The highest BCUT2D eigenvalue weighted by Crippen LogP contribution is 2.46. The maximum Gasteiger partial charge on any atom is 0.165 e. The van der Waals surface area contributed by atoms with Crippen LogP contribution in [0.25, 0.3) is 192 Å². The molecule has 22 aromatic rings. The minimum absolute atomic E-state index is 0.427. The third kappa shape index (κ3) is 8.44. The van der Waals surface area contributed by atoms with Crippen molar-refractivity contribution in [2.45, 2.75) is 0 Å². The lowest BCUT2D eigenvalue weighted by Gasteiger charge is -2.14. The summed E-state index contributed by atoms with van der Waals surface area (Å²) >= 11 is 6.32. The molecular formula is C88H53ClN8. The van der Waals surface area contributed by atoms with Gasteiger partial charge in [-0.2, -0.15) is 0 Å². The topological polar surface area (TPSA) is 81.1 Å². The first-order chi connectivity index (χ1) is 48.1. The van der Waals surface area contributed by atoms with Gasteiger partial charge in [0.05, 0.1) is 66.2 Å². The van der Waals surface area contributed by atoms with Crippen LogP contribution in [0.1, 0.15) is 0 Å². The van der Waals surface area contributed by atoms with E-state index in [4.69, 9.17) is 26.6 Å². The van der Waals surface area contributed by atoms with Crippen molar-refractivity contribution >= 4 is 153 Å². The van der Waals surface area contributed by atoms with Crippen molar-refractivity contribution < 1.29 is 0 Å². The smallest absolute Gasteiger partial charge is 0.165 e. The summed E-state index contributed by atoms with van der Waals surface area (Å²) in [7, 11) is 0. The van der Waals surface area contributed by atoms with Crippen LogP contribution in [0.5, 0.6) is 0 Å². The number of H-pyrrole nitrogens is 1. The molecule has 0 bridgehead atoms. The van der Waals surface area contributed by atoms with E-state index in [1.807, 2.05) is 66.7 Å². The van der Waals surface area contributed by atoms with Gasteiger partial charge in [0.1, 0.15) is 11.4 Å². The molecule has 9 heteroatoms. The largest absolute Gasteiger partial charge is 0.354 e. The average molecular weight is 1260 g/mol. The maximum atomic E-state index is 6.32. The number of aromatic nitrogens is 8. The third-order valence-electron chi connectivity index (χ3n) is 19.7. The normalized spacial score (nSPS) is 12.0. The first kappa shape index (κ1) is 54.8. The molecule has 0 saturated heterocycles. The van der Waals surface area contributed by atoms with Gasteiger partial charge in [-0.25, -0.2) is 19.9 Å². The number of aromatic amines is 1. The summed E-state index contributed by atoms with van der Waals surface area (Å²) in [6.07, 6.45) is 0. The summed E-state index contributed by atoms with van der Waals surface area (Å²) in [5, 5.41) is 15.8. The van der Waals surface area contributed by atoms with Gasteiger partial charge >= 0.3 is 0 Å². The Labute approximate surface area is 559 Å². The minimum Gasteiger partial charge on any atom is -0.354 e. The summed E-state index contributed by atoms with van der Waals surface area (Å²) < 4.78 is 7.27. The Bertz CT molecular complexity index is 6870. The number of hydrogen-bond donors (Lipinski definition) is 1. The van der Waals surface area contributed by atoms with Crippen LogP contribution in [-0.2, 0) is 0 Å². The number of nitrogens with one attached hydrogen (secondary N) is 1. The van der Waals surface area contributed by atoms with Gasteiger partial charge < -0.3 is 13.8 Å². The van der Waals surface area contributed by atoms with Crippen LogP contribution in [0.4, 0.5) is 0 Å². The number of rotatable bonds is 5. The Morgan fingerprint density at radius 2 is 0.629 bits per heavy atom. The number of hydrogen-bond acceptors (Lipinski definition) is 4. The van der Waals surface area contributed by atoms with Crippen LogP contribution >= 0.6 is 11.6 Å². The molecule has 0 radical (unpaired) electrons. The van der Waals surface area contributed by atoms with Gasteiger partial charge in [0.2, 0.25) is 0 Å². The molecule has 8 nitrogen and oxygen atoms in total. The van der Waals surface area contributed by atoms with E-state index in [9.17, 15) is 0 Å². The molecule has 0 atom stereocenters. The summed E-state index contributed by atoms with van der Waals surface area (Å²) in [5.41, 5.74) is 23.6. The van der Waals surface area contributed by atoms with E-state index in [-0.39, 0.29) is 0 Å². The van der Waals surface area contributed by atoms with E-state index in [0.29, 0.717) is 10.8 Å². The van der Waals surface area contributed by atoms with Gasteiger partial charge in [0.15, 0.2) is 11.0 Å². The van der Waals surface area contributed by atoms with Crippen LogP contribution in [0.2, 0.25) is 5.15 Å². The van der Waals surface area contributed by atoms with E-state index in [1.165, 1.54) is 109 Å². The average Bonchev–Trinajstić information content (AvgIpc) is 1.54. The van der Waals surface area contributed by atoms with Crippen LogP contribution in [0, 0.1) is 0 Å². The zero-order valence-corrected chi connectivity index (χ0v) is 52.8.